The second-order valence-corrected chi connectivity index (χ2v) is 10.7. The molecule has 172 valence electrons. The molecule has 2 aromatic heterocycles. The third-order valence-corrected chi connectivity index (χ3v) is 6.14. The van der Waals surface area contributed by atoms with Crippen molar-refractivity contribution in [1.29, 1.82) is 0 Å². The van der Waals surface area contributed by atoms with E-state index in [4.69, 9.17) is 4.74 Å². The Labute approximate surface area is 195 Å². The van der Waals surface area contributed by atoms with Crippen LogP contribution in [-0.2, 0) is 6.54 Å². The van der Waals surface area contributed by atoms with Crippen LogP contribution in [0.4, 0.5) is 5.69 Å². The zero-order chi connectivity index (χ0) is 23.3. The monoisotopic (exact) mass is 455 g/mol. The molecule has 6 nitrogen and oxygen atoms in total. The number of hydrogen-bond acceptors (Lipinski definition) is 6. The van der Waals surface area contributed by atoms with E-state index in [0.29, 0.717) is 16.4 Å². The number of ether oxygens (including phenoxy) is 1. The van der Waals surface area contributed by atoms with Crippen molar-refractivity contribution < 1.29 is 14.6 Å². The average Bonchev–Trinajstić information content (AvgIpc) is 3.10. The maximum atomic E-state index is 11.7. The van der Waals surface area contributed by atoms with Gasteiger partial charge >= 0.3 is 5.97 Å². The number of nitrogens with one attached hydrogen (secondary N) is 1. The van der Waals surface area contributed by atoms with E-state index in [1.165, 1.54) is 16.9 Å². The molecule has 7 heteroatoms. The van der Waals surface area contributed by atoms with Crippen LogP contribution in [0, 0.1) is 17.3 Å². The molecule has 1 aliphatic carbocycles. The molecule has 0 atom stereocenters. The van der Waals surface area contributed by atoms with E-state index < -0.39 is 5.97 Å². The van der Waals surface area contributed by atoms with Crippen LogP contribution >= 0.6 is 11.3 Å². The second-order valence-electron chi connectivity index (χ2n) is 9.63. The Bertz CT molecular complexity index is 990. The molecule has 2 aromatic rings. The molecule has 2 heterocycles. The number of pyridine rings is 1. The first-order valence-electron chi connectivity index (χ1n) is 11.0. The van der Waals surface area contributed by atoms with Crippen LogP contribution in [0.15, 0.2) is 24.4 Å². The Morgan fingerprint density at radius 3 is 2.62 bits per heavy atom. The fourth-order valence-electron chi connectivity index (χ4n) is 3.66. The number of aromatic nitrogens is 1. The van der Waals surface area contributed by atoms with Crippen molar-refractivity contribution in [2.45, 2.75) is 65.1 Å². The minimum absolute atomic E-state index is 0.125. The molecule has 1 saturated carbocycles. The summed E-state index contributed by atoms with van der Waals surface area (Å²) in [5, 5.41) is 13.1. The molecular weight excluding hydrogens is 422 g/mol. The van der Waals surface area contributed by atoms with Gasteiger partial charge in [0.25, 0.3) is 0 Å². The van der Waals surface area contributed by atoms with Gasteiger partial charge in [-0.3, -0.25) is 0 Å². The molecule has 0 aromatic carbocycles. The third kappa shape index (κ3) is 7.25. The summed E-state index contributed by atoms with van der Waals surface area (Å²) >= 11 is 1.23. The van der Waals surface area contributed by atoms with Crippen LogP contribution in [-0.4, -0.2) is 47.2 Å². The number of rotatable bonds is 7. The highest BCUT2D eigenvalue weighted by Gasteiger charge is 2.25. The number of hydrogen-bond donors (Lipinski definition) is 2. The second kappa shape index (κ2) is 10.4. The largest absolute Gasteiger partial charge is 0.477 e. The molecule has 0 unspecified atom stereocenters. The van der Waals surface area contributed by atoms with Gasteiger partial charge in [-0.05, 0) is 78.2 Å². The molecule has 0 bridgehead atoms. The van der Waals surface area contributed by atoms with E-state index >= 15 is 0 Å². The van der Waals surface area contributed by atoms with Crippen molar-refractivity contribution in [3.05, 3.63) is 39.7 Å². The highest BCUT2D eigenvalue weighted by molar-refractivity contribution is 7.15. The first kappa shape index (κ1) is 24.1. The van der Waals surface area contributed by atoms with Crippen LogP contribution in [0.2, 0.25) is 0 Å². The minimum atomic E-state index is -0.915. The van der Waals surface area contributed by atoms with Gasteiger partial charge in [-0.2, -0.15) is 0 Å². The Morgan fingerprint density at radius 2 is 2.00 bits per heavy atom. The van der Waals surface area contributed by atoms with Crippen LogP contribution in [0.3, 0.4) is 0 Å². The fourth-order valence-corrected chi connectivity index (χ4v) is 4.48. The van der Waals surface area contributed by atoms with Gasteiger partial charge in [0.05, 0.1) is 10.6 Å². The summed E-state index contributed by atoms with van der Waals surface area (Å²) in [4.78, 5) is 19.3. The number of anilines is 1. The quantitative estimate of drug-likeness (QED) is 0.566. The van der Waals surface area contributed by atoms with Crippen molar-refractivity contribution in [3.8, 4) is 17.7 Å². The van der Waals surface area contributed by atoms with Crippen molar-refractivity contribution in [3.63, 3.8) is 0 Å². The third-order valence-electron chi connectivity index (χ3n) is 5.11. The van der Waals surface area contributed by atoms with Crippen molar-refractivity contribution in [2.75, 3.05) is 19.4 Å². The van der Waals surface area contributed by atoms with E-state index in [9.17, 15) is 9.90 Å². The van der Waals surface area contributed by atoms with Gasteiger partial charge in [-0.15, -0.1) is 11.3 Å². The summed E-state index contributed by atoms with van der Waals surface area (Å²) in [5.74, 6) is 6.06. The predicted molar refractivity (Wildman–Crippen MR) is 130 cm³/mol. The summed E-state index contributed by atoms with van der Waals surface area (Å²) in [6.45, 7) is 6.97. The van der Waals surface area contributed by atoms with Crippen LogP contribution in [0.5, 0.6) is 5.88 Å². The summed E-state index contributed by atoms with van der Waals surface area (Å²) in [5.41, 5.74) is 1.72. The van der Waals surface area contributed by atoms with Gasteiger partial charge in [-0.1, -0.05) is 11.8 Å². The van der Waals surface area contributed by atoms with Gasteiger partial charge in [-0.25, -0.2) is 9.78 Å². The number of carboxylic acids is 1. The molecular formula is C25H33N3O3S. The van der Waals surface area contributed by atoms with E-state index in [1.807, 2.05) is 53.1 Å². The fraction of sp³-hybridized carbons (Fsp3) is 0.520. The number of aromatic carboxylic acids is 1. The van der Waals surface area contributed by atoms with Crippen molar-refractivity contribution in [2.24, 2.45) is 5.41 Å². The molecule has 0 aliphatic heterocycles. The van der Waals surface area contributed by atoms with Gasteiger partial charge in [0, 0.05) is 30.3 Å². The molecule has 3 rings (SSSR count). The topological polar surface area (TPSA) is 74.7 Å². The molecule has 1 fully saturated rings. The van der Waals surface area contributed by atoms with E-state index in [0.717, 1.165) is 37.1 Å². The Kier molecular flexibility index (Phi) is 7.81. The first-order chi connectivity index (χ1) is 15.1. The Morgan fingerprint density at radius 1 is 1.28 bits per heavy atom. The number of carboxylic acid groups (broad SMARTS) is 1. The lowest BCUT2D eigenvalue weighted by molar-refractivity contribution is 0.0703. The first-order valence-corrected chi connectivity index (χ1v) is 11.8. The molecule has 0 spiro atoms. The summed E-state index contributed by atoms with van der Waals surface area (Å²) < 4.78 is 6.14. The van der Waals surface area contributed by atoms with Crippen LogP contribution < -0.4 is 10.1 Å². The lowest BCUT2D eigenvalue weighted by atomic mass is 9.92. The van der Waals surface area contributed by atoms with E-state index in [1.54, 1.807) is 6.20 Å². The predicted octanol–water partition coefficient (Wildman–Crippen LogP) is 5.10. The van der Waals surface area contributed by atoms with Gasteiger partial charge in [0.2, 0.25) is 5.88 Å². The van der Waals surface area contributed by atoms with Gasteiger partial charge in [0.1, 0.15) is 11.0 Å². The normalized spacial score (nSPS) is 18.7. The molecule has 1 aliphatic rings. The van der Waals surface area contributed by atoms with Crippen LogP contribution in [0.1, 0.15) is 66.6 Å². The maximum Gasteiger partial charge on any atom is 0.348 e. The molecule has 0 amide bonds. The summed E-state index contributed by atoms with van der Waals surface area (Å²) in [6.07, 6.45) is 5.57. The molecule has 0 saturated heterocycles. The molecule has 2 N–H and O–H groups in total. The minimum Gasteiger partial charge on any atom is -0.477 e. The Balaban J connectivity index is 1.58. The lowest BCUT2D eigenvalue weighted by Crippen LogP contribution is -2.31. The zero-order valence-electron chi connectivity index (χ0n) is 19.6. The van der Waals surface area contributed by atoms with E-state index in [2.05, 4.69) is 27.0 Å². The van der Waals surface area contributed by atoms with Crippen molar-refractivity contribution in [1.82, 2.24) is 9.88 Å². The molecule has 32 heavy (non-hydrogen) atoms. The zero-order valence-corrected chi connectivity index (χ0v) is 20.4. The van der Waals surface area contributed by atoms with E-state index in [-0.39, 0.29) is 17.6 Å². The summed E-state index contributed by atoms with van der Waals surface area (Å²) in [7, 11) is 4.08. The standard InChI is InChI=1S/C25H33N3O3S/c1-25(2,3)12-10-20-15-21(23(32-20)24(29)30)27-18-6-8-19(9-7-18)31-22-14-17(11-13-26-22)16-28(4)5/h11,13-15,18-19,27H,6-9,16H2,1-5H3,(H,29,30). The van der Waals surface area contributed by atoms with Crippen molar-refractivity contribution >= 4 is 23.0 Å². The number of carbonyl (C=O) groups is 1. The number of nitrogens with zero attached hydrogens (tertiary/aromatic N) is 2. The Hall–Kier alpha value is -2.56. The molecule has 0 radical (unpaired) electrons. The SMILES string of the molecule is CN(C)Cc1ccnc(OC2CCC(Nc3cc(C#CC(C)(C)C)sc3C(=O)O)CC2)c1. The highest BCUT2D eigenvalue weighted by Crippen LogP contribution is 2.31. The number of thiophene rings is 1. The maximum absolute atomic E-state index is 11.7. The summed E-state index contributed by atoms with van der Waals surface area (Å²) in [6, 6.07) is 6.11. The van der Waals surface area contributed by atoms with Crippen LogP contribution in [0.25, 0.3) is 0 Å². The lowest BCUT2D eigenvalue weighted by Gasteiger charge is -2.29. The highest BCUT2D eigenvalue weighted by atomic mass is 32.1. The van der Waals surface area contributed by atoms with Gasteiger partial charge in [0.15, 0.2) is 0 Å². The average molecular weight is 456 g/mol. The smallest absolute Gasteiger partial charge is 0.348 e. The van der Waals surface area contributed by atoms with Gasteiger partial charge < -0.3 is 20.1 Å².